The van der Waals surface area contributed by atoms with Gasteiger partial charge in [0.15, 0.2) is 0 Å². The normalized spacial score (nSPS) is 17.0. The molecule has 0 aromatic heterocycles. The minimum atomic E-state index is 0.268. The molecule has 0 heterocycles. The lowest BCUT2D eigenvalue weighted by Crippen LogP contribution is -2.32. The summed E-state index contributed by atoms with van der Waals surface area (Å²) in [7, 11) is 0. The lowest BCUT2D eigenvalue weighted by atomic mass is 9.82. The zero-order valence-corrected chi connectivity index (χ0v) is 10.4. The molecular formula is C10H21BrO. The third kappa shape index (κ3) is 3.90. The van der Waals surface area contributed by atoms with Crippen molar-refractivity contribution in [3.63, 3.8) is 0 Å². The third-order valence-electron chi connectivity index (χ3n) is 2.45. The quantitative estimate of drug-likeness (QED) is 0.665. The van der Waals surface area contributed by atoms with Crippen LogP contribution in [0.3, 0.4) is 0 Å². The molecule has 0 aromatic rings. The predicted molar refractivity (Wildman–Crippen MR) is 57.8 cm³/mol. The molecule has 0 saturated carbocycles. The molecule has 0 aliphatic rings. The van der Waals surface area contributed by atoms with Gasteiger partial charge in [0, 0.05) is 10.7 Å². The van der Waals surface area contributed by atoms with Gasteiger partial charge in [-0.3, -0.25) is 0 Å². The van der Waals surface area contributed by atoms with Gasteiger partial charge in [0.1, 0.15) is 0 Å². The lowest BCUT2D eigenvalue weighted by molar-refractivity contribution is 0.00555. The molecule has 1 atom stereocenters. The van der Waals surface area contributed by atoms with Gasteiger partial charge in [0.25, 0.3) is 0 Å². The second-order valence-corrected chi connectivity index (χ2v) is 4.86. The molecule has 1 nitrogen and oxygen atoms in total. The molecule has 0 bridgehead atoms. The van der Waals surface area contributed by atoms with Gasteiger partial charge in [-0.2, -0.15) is 0 Å². The van der Waals surface area contributed by atoms with Crippen LogP contribution < -0.4 is 0 Å². The molecule has 74 valence electrons. The second kappa shape index (κ2) is 5.23. The minimum absolute atomic E-state index is 0.268. The van der Waals surface area contributed by atoms with Crippen LogP contribution in [-0.2, 0) is 4.74 Å². The highest BCUT2D eigenvalue weighted by atomic mass is 79.9. The maximum Gasteiger partial charge on any atom is 0.0533 e. The van der Waals surface area contributed by atoms with E-state index in [1.165, 1.54) is 0 Å². The fourth-order valence-corrected chi connectivity index (χ4v) is 1.53. The van der Waals surface area contributed by atoms with E-state index >= 15 is 0 Å². The summed E-state index contributed by atoms with van der Waals surface area (Å²) in [6.45, 7) is 11.7. The zero-order valence-electron chi connectivity index (χ0n) is 8.86. The Morgan fingerprint density at radius 3 is 2.00 bits per heavy atom. The fraction of sp³-hybridized carbons (Fsp3) is 1.00. The first-order valence-electron chi connectivity index (χ1n) is 4.60. The van der Waals surface area contributed by atoms with Crippen molar-refractivity contribution in [3.8, 4) is 0 Å². The summed E-state index contributed by atoms with van der Waals surface area (Å²) in [5.74, 6) is 0.649. The van der Waals surface area contributed by atoms with E-state index in [-0.39, 0.29) is 5.41 Å². The van der Waals surface area contributed by atoms with Crippen LogP contribution in [0, 0.1) is 11.3 Å². The van der Waals surface area contributed by atoms with Gasteiger partial charge in [-0.25, -0.2) is 0 Å². The monoisotopic (exact) mass is 236 g/mol. The Hall–Kier alpha value is 0.440. The van der Waals surface area contributed by atoms with E-state index in [4.69, 9.17) is 4.74 Å². The molecule has 1 unspecified atom stereocenters. The Balaban J connectivity index is 3.97. The first-order valence-corrected chi connectivity index (χ1v) is 5.72. The molecular weight excluding hydrogens is 216 g/mol. The average Bonchev–Trinajstić information content (AvgIpc) is 1.99. The number of hydrogen-bond donors (Lipinski definition) is 0. The molecule has 0 fully saturated rings. The van der Waals surface area contributed by atoms with Crippen molar-refractivity contribution >= 4 is 15.9 Å². The molecule has 0 aliphatic heterocycles. The van der Waals surface area contributed by atoms with Crippen LogP contribution in [0.5, 0.6) is 0 Å². The van der Waals surface area contributed by atoms with Crippen LogP contribution in [0.2, 0.25) is 0 Å². The Morgan fingerprint density at radius 1 is 1.25 bits per heavy atom. The van der Waals surface area contributed by atoms with E-state index in [0.717, 1.165) is 11.9 Å². The largest absolute Gasteiger partial charge is 0.378 e. The number of rotatable bonds is 5. The smallest absolute Gasteiger partial charge is 0.0533 e. The van der Waals surface area contributed by atoms with Gasteiger partial charge in [0.05, 0.1) is 12.7 Å². The molecule has 0 spiro atoms. The summed E-state index contributed by atoms with van der Waals surface area (Å²) in [5, 5.41) is 1.00. The van der Waals surface area contributed by atoms with Crippen molar-refractivity contribution < 1.29 is 4.74 Å². The summed E-state index contributed by atoms with van der Waals surface area (Å²) >= 11 is 3.54. The first kappa shape index (κ1) is 12.4. The van der Waals surface area contributed by atoms with Crippen LogP contribution in [0.1, 0.15) is 34.6 Å². The predicted octanol–water partition coefficient (Wildman–Crippen LogP) is 3.47. The SMILES string of the molecule is CC(C)OCC(C)(CBr)C(C)C. The molecule has 0 aliphatic carbocycles. The summed E-state index contributed by atoms with van der Waals surface area (Å²) in [5.41, 5.74) is 0.268. The van der Waals surface area contributed by atoms with Crippen LogP contribution >= 0.6 is 15.9 Å². The summed E-state index contributed by atoms with van der Waals surface area (Å²) in [6, 6.07) is 0. The van der Waals surface area contributed by atoms with Crippen LogP contribution in [0.15, 0.2) is 0 Å². The van der Waals surface area contributed by atoms with Gasteiger partial charge >= 0.3 is 0 Å². The summed E-state index contributed by atoms with van der Waals surface area (Å²) < 4.78 is 5.63. The van der Waals surface area contributed by atoms with Crippen molar-refractivity contribution in [1.82, 2.24) is 0 Å². The van der Waals surface area contributed by atoms with Gasteiger partial charge in [0.2, 0.25) is 0 Å². The molecule has 0 saturated heterocycles. The Morgan fingerprint density at radius 2 is 1.75 bits per heavy atom. The van der Waals surface area contributed by atoms with Crippen molar-refractivity contribution in [2.24, 2.45) is 11.3 Å². The molecule has 0 N–H and O–H groups in total. The van der Waals surface area contributed by atoms with E-state index < -0.39 is 0 Å². The van der Waals surface area contributed by atoms with E-state index in [2.05, 4.69) is 50.5 Å². The topological polar surface area (TPSA) is 9.23 Å². The minimum Gasteiger partial charge on any atom is -0.378 e. The highest BCUT2D eigenvalue weighted by molar-refractivity contribution is 9.09. The number of halogens is 1. The van der Waals surface area contributed by atoms with E-state index in [9.17, 15) is 0 Å². The van der Waals surface area contributed by atoms with Crippen molar-refractivity contribution in [1.29, 1.82) is 0 Å². The van der Waals surface area contributed by atoms with Gasteiger partial charge in [-0.15, -0.1) is 0 Å². The summed E-state index contributed by atoms with van der Waals surface area (Å²) in [4.78, 5) is 0. The van der Waals surface area contributed by atoms with E-state index in [1.807, 2.05) is 0 Å². The van der Waals surface area contributed by atoms with Crippen LogP contribution in [-0.4, -0.2) is 18.0 Å². The van der Waals surface area contributed by atoms with Crippen LogP contribution in [0.4, 0.5) is 0 Å². The molecule has 0 radical (unpaired) electrons. The molecule has 2 heteroatoms. The zero-order chi connectivity index (χ0) is 9.78. The standard InChI is InChI=1S/C10H21BrO/c1-8(2)10(5,6-11)7-12-9(3)4/h8-9H,6-7H2,1-5H3. The van der Waals surface area contributed by atoms with Crippen molar-refractivity contribution in [3.05, 3.63) is 0 Å². The first-order chi connectivity index (χ1) is 5.42. The van der Waals surface area contributed by atoms with Crippen LogP contribution in [0.25, 0.3) is 0 Å². The van der Waals surface area contributed by atoms with Gasteiger partial charge < -0.3 is 4.74 Å². The maximum absolute atomic E-state index is 5.63. The summed E-state index contributed by atoms with van der Waals surface area (Å²) in [6.07, 6.45) is 0.335. The lowest BCUT2D eigenvalue weighted by Gasteiger charge is -2.32. The van der Waals surface area contributed by atoms with Crippen molar-refractivity contribution in [2.75, 3.05) is 11.9 Å². The van der Waals surface area contributed by atoms with Gasteiger partial charge in [-0.1, -0.05) is 36.7 Å². The Labute approximate surface area is 85.0 Å². The fourth-order valence-electron chi connectivity index (χ4n) is 0.717. The molecule has 0 amide bonds. The second-order valence-electron chi connectivity index (χ2n) is 4.30. The van der Waals surface area contributed by atoms with E-state index in [1.54, 1.807) is 0 Å². The number of ether oxygens (including phenoxy) is 1. The molecule has 0 rings (SSSR count). The van der Waals surface area contributed by atoms with E-state index in [0.29, 0.717) is 12.0 Å². The average molecular weight is 237 g/mol. The third-order valence-corrected chi connectivity index (χ3v) is 3.73. The Kier molecular flexibility index (Phi) is 5.42. The van der Waals surface area contributed by atoms with Crippen molar-refractivity contribution in [2.45, 2.75) is 40.7 Å². The highest BCUT2D eigenvalue weighted by Crippen LogP contribution is 2.29. The molecule has 0 aromatic carbocycles. The highest BCUT2D eigenvalue weighted by Gasteiger charge is 2.27. The Bertz CT molecular complexity index is 123. The number of hydrogen-bond acceptors (Lipinski definition) is 1. The number of alkyl halides is 1. The van der Waals surface area contributed by atoms with Gasteiger partial charge in [-0.05, 0) is 19.8 Å². The molecule has 12 heavy (non-hydrogen) atoms. The maximum atomic E-state index is 5.63.